The van der Waals surface area contributed by atoms with Gasteiger partial charge in [-0.1, -0.05) is 36.4 Å². The fourth-order valence-corrected chi connectivity index (χ4v) is 3.87. The van der Waals surface area contributed by atoms with Gasteiger partial charge in [-0.2, -0.15) is 5.10 Å². The molecule has 162 valence electrons. The zero-order chi connectivity index (χ0) is 21.8. The highest BCUT2D eigenvalue weighted by Crippen LogP contribution is 2.26. The first-order valence-corrected chi connectivity index (χ1v) is 10.8. The lowest BCUT2D eigenvalue weighted by Gasteiger charge is -2.29. The number of H-pyrrole nitrogens is 1. The van der Waals surface area contributed by atoms with Crippen LogP contribution < -0.4 is 20.3 Å². The summed E-state index contributed by atoms with van der Waals surface area (Å²) in [6.07, 6.45) is 0. The second-order valence-electron chi connectivity index (χ2n) is 7.80. The van der Waals surface area contributed by atoms with Crippen LogP contribution in [0.1, 0.15) is 15.9 Å². The van der Waals surface area contributed by atoms with Crippen LogP contribution in [0, 0.1) is 0 Å². The van der Waals surface area contributed by atoms with Gasteiger partial charge in [-0.25, -0.2) is 0 Å². The molecule has 1 amide bonds. The van der Waals surface area contributed by atoms with Crippen molar-refractivity contribution in [3.8, 4) is 5.75 Å². The molecule has 0 saturated carbocycles. The normalized spacial score (nSPS) is 13.8. The molecule has 7 heteroatoms. The summed E-state index contributed by atoms with van der Waals surface area (Å²) >= 11 is 0. The number of piperazine rings is 1. The van der Waals surface area contributed by atoms with Gasteiger partial charge in [0, 0.05) is 42.8 Å². The number of nitrogens with zero attached hydrogens (tertiary/aromatic N) is 2. The number of aromatic nitrogens is 2. The minimum Gasteiger partial charge on any atom is -0.489 e. The lowest BCUT2D eigenvalue weighted by molar-refractivity contribution is 0.102. The SMILES string of the molecule is O=C(Nc1n[nH]c2ccc(OCc3ccccc3)cc12)c1cccc(N2CCNCC2)c1. The molecule has 1 aliphatic rings. The summed E-state index contributed by atoms with van der Waals surface area (Å²) in [5.41, 5.74) is 3.59. The van der Waals surface area contributed by atoms with E-state index in [4.69, 9.17) is 4.74 Å². The van der Waals surface area contributed by atoms with Crippen LogP contribution in [0.2, 0.25) is 0 Å². The molecule has 1 aliphatic heterocycles. The van der Waals surface area contributed by atoms with Gasteiger partial charge in [0.1, 0.15) is 12.4 Å². The molecule has 0 unspecified atom stereocenters. The second kappa shape index (κ2) is 9.11. The smallest absolute Gasteiger partial charge is 0.256 e. The van der Waals surface area contributed by atoms with E-state index in [1.54, 1.807) is 0 Å². The molecule has 3 N–H and O–H groups in total. The van der Waals surface area contributed by atoms with E-state index in [2.05, 4.69) is 25.7 Å². The molecule has 5 rings (SSSR count). The number of aromatic amines is 1. The summed E-state index contributed by atoms with van der Waals surface area (Å²) in [7, 11) is 0. The van der Waals surface area contributed by atoms with E-state index >= 15 is 0 Å². The van der Waals surface area contributed by atoms with Gasteiger partial charge in [-0.3, -0.25) is 9.89 Å². The van der Waals surface area contributed by atoms with Crippen LogP contribution >= 0.6 is 0 Å². The number of benzene rings is 3. The fraction of sp³-hybridized carbons (Fsp3) is 0.200. The van der Waals surface area contributed by atoms with Crippen molar-refractivity contribution >= 4 is 28.3 Å². The van der Waals surface area contributed by atoms with E-state index in [9.17, 15) is 4.79 Å². The van der Waals surface area contributed by atoms with Crippen molar-refractivity contribution in [1.29, 1.82) is 0 Å². The summed E-state index contributed by atoms with van der Waals surface area (Å²) in [6.45, 7) is 4.24. The van der Waals surface area contributed by atoms with Crippen molar-refractivity contribution in [3.63, 3.8) is 0 Å². The predicted molar refractivity (Wildman–Crippen MR) is 126 cm³/mol. The number of carbonyl (C=O) groups excluding carboxylic acids is 1. The van der Waals surface area contributed by atoms with Gasteiger partial charge in [0.15, 0.2) is 5.82 Å². The van der Waals surface area contributed by atoms with Gasteiger partial charge >= 0.3 is 0 Å². The molecule has 4 aromatic rings. The molecule has 0 atom stereocenters. The number of rotatable bonds is 6. The van der Waals surface area contributed by atoms with E-state index in [-0.39, 0.29) is 5.91 Å². The van der Waals surface area contributed by atoms with Crippen LogP contribution in [0.5, 0.6) is 5.75 Å². The number of hydrogen-bond donors (Lipinski definition) is 3. The molecule has 3 aromatic carbocycles. The number of hydrogen-bond acceptors (Lipinski definition) is 5. The Bertz CT molecular complexity index is 1220. The Morgan fingerprint density at radius 2 is 1.84 bits per heavy atom. The van der Waals surface area contributed by atoms with Gasteiger partial charge < -0.3 is 20.3 Å². The minimum absolute atomic E-state index is 0.189. The van der Waals surface area contributed by atoms with E-state index in [1.807, 2.05) is 72.8 Å². The largest absolute Gasteiger partial charge is 0.489 e. The van der Waals surface area contributed by atoms with Crippen LogP contribution in [-0.4, -0.2) is 42.3 Å². The Morgan fingerprint density at radius 1 is 1.00 bits per heavy atom. The van der Waals surface area contributed by atoms with Crippen molar-refractivity contribution in [2.24, 2.45) is 0 Å². The van der Waals surface area contributed by atoms with E-state index < -0.39 is 0 Å². The first-order chi connectivity index (χ1) is 15.8. The standard InChI is InChI=1S/C25H25N5O2/c31-25(19-7-4-8-20(15-19)30-13-11-26-12-14-30)27-24-22-16-21(9-10-23(22)28-29-24)32-17-18-5-2-1-3-6-18/h1-10,15-16,26H,11-14,17H2,(H2,27,28,29,31). The van der Waals surface area contributed by atoms with Crippen LogP contribution in [0.25, 0.3) is 10.9 Å². The third kappa shape index (κ3) is 4.43. The van der Waals surface area contributed by atoms with Gasteiger partial charge in [0.2, 0.25) is 0 Å². The predicted octanol–water partition coefficient (Wildman–Crippen LogP) is 3.80. The zero-order valence-corrected chi connectivity index (χ0v) is 17.7. The third-order valence-electron chi connectivity index (χ3n) is 5.61. The Labute approximate surface area is 186 Å². The summed E-state index contributed by atoms with van der Waals surface area (Å²) in [4.78, 5) is 15.2. The van der Waals surface area contributed by atoms with Crippen molar-refractivity contribution in [2.75, 3.05) is 36.4 Å². The van der Waals surface area contributed by atoms with Gasteiger partial charge in [0.25, 0.3) is 5.91 Å². The monoisotopic (exact) mass is 427 g/mol. The number of nitrogens with one attached hydrogen (secondary N) is 3. The fourth-order valence-electron chi connectivity index (χ4n) is 3.87. The summed E-state index contributed by atoms with van der Waals surface area (Å²) in [5, 5.41) is 14.4. The number of amides is 1. The molecule has 7 nitrogen and oxygen atoms in total. The van der Waals surface area contributed by atoms with E-state index in [1.165, 1.54) is 0 Å². The lowest BCUT2D eigenvalue weighted by atomic mass is 10.1. The number of fused-ring (bicyclic) bond motifs is 1. The maximum Gasteiger partial charge on any atom is 0.256 e. The van der Waals surface area contributed by atoms with Crippen LogP contribution in [0.4, 0.5) is 11.5 Å². The topological polar surface area (TPSA) is 82.3 Å². The molecule has 1 saturated heterocycles. The molecule has 1 aromatic heterocycles. The highest BCUT2D eigenvalue weighted by molar-refractivity contribution is 6.08. The van der Waals surface area contributed by atoms with Crippen LogP contribution in [0.3, 0.4) is 0 Å². The van der Waals surface area contributed by atoms with Crippen molar-refractivity contribution in [2.45, 2.75) is 6.61 Å². The van der Waals surface area contributed by atoms with Gasteiger partial charge in [-0.15, -0.1) is 0 Å². The first kappa shape index (κ1) is 20.1. The quantitative estimate of drug-likeness (QED) is 0.436. The zero-order valence-electron chi connectivity index (χ0n) is 17.7. The molecule has 0 bridgehead atoms. The minimum atomic E-state index is -0.189. The first-order valence-electron chi connectivity index (χ1n) is 10.8. The number of ether oxygens (including phenoxy) is 1. The molecule has 0 radical (unpaired) electrons. The second-order valence-corrected chi connectivity index (χ2v) is 7.80. The van der Waals surface area contributed by atoms with Crippen LogP contribution in [-0.2, 0) is 6.61 Å². The highest BCUT2D eigenvalue weighted by Gasteiger charge is 2.15. The average molecular weight is 428 g/mol. The maximum absolute atomic E-state index is 13.0. The molecular formula is C25H25N5O2. The van der Waals surface area contributed by atoms with Crippen LogP contribution in [0.15, 0.2) is 72.8 Å². The van der Waals surface area contributed by atoms with E-state index in [0.717, 1.165) is 54.1 Å². The lowest BCUT2D eigenvalue weighted by Crippen LogP contribution is -2.43. The molecule has 2 heterocycles. The molecule has 32 heavy (non-hydrogen) atoms. The summed E-state index contributed by atoms with van der Waals surface area (Å²) in [5.74, 6) is 1.02. The molecule has 0 spiro atoms. The Morgan fingerprint density at radius 3 is 2.69 bits per heavy atom. The molecule has 0 aliphatic carbocycles. The number of anilines is 2. The van der Waals surface area contributed by atoms with Crippen molar-refractivity contribution in [1.82, 2.24) is 15.5 Å². The summed E-state index contributed by atoms with van der Waals surface area (Å²) < 4.78 is 5.93. The van der Waals surface area contributed by atoms with Gasteiger partial charge in [0.05, 0.1) is 5.52 Å². The van der Waals surface area contributed by atoms with Gasteiger partial charge in [-0.05, 0) is 42.0 Å². The Hall–Kier alpha value is -3.84. The molecule has 1 fully saturated rings. The molecular weight excluding hydrogens is 402 g/mol. The van der Waals surface area contributed by atoms with Crippen molar-refractivity contribution in [3.05, 3.63) is 83.9 Å². The average Bonchev–Trinajstić information content (AvgIpc) is 3.26. The Kier molecular flexibility index (Phi) is 5.72. The highest BCUT2D eigenvalue weighted by atomic mass is 16.5. The third-order valence-corrected chi connectivity index (χ3v) is 5.61. The van der Waals surface area contributed by atoms with Crippen molar-refractivity contribution < 1.29 is 9.53 Å². The number of carbonyl (C=O) groups is 1. The maximum atomic E-state index is 13.0. The summed E-state index contributed by atoms with van der Waals surface area (Å²) in [6, 6.07) is 23.4. The van der Waals surface area contributed by atoms with E-state index in [0.29, 0.717) is 18.0 Å². The Balaban J connectivity index is 1.32.